The third-order valence-corrected chi connectivity index (χ3v) is 10.6. The summed E-state index contributed by atoms with van der Waals surface area (Å²) in [7, 11) is 0. The number of rotatable bonds is 4. The molecule has 2 aromatic heterocycles. The molecule has 4 heteroatoms. The normalized spacial score (nSPS) is 11.8. The van der Waals surface area contributed by atoms with Crippen LogP contribution >= 0.6 is 0 Å². The first-order valence-electron chi connectivity index (χ1n) is 18.0. The second-order valence-electron chi connectivity index (χ2n) is 13.6. The van der Waals surface area contributed by atoms with E-state index in [0.717, 1.165) is 33.3 Å². The second kappa shape index (κ2) is 11.7. The Labute approximate surface area is 305 Å². The van der Waals surface area contributed by atoms with E-state index in [2.05, 4.69) is 168 Å². The standard InChI is InChI=1S/C49H30N4/c1-2-15-33(16-3-1)47-50-48(52-49(51-47)43-30-42-36-19-6-4-13-31(36)25-27-40(42)38-21-8-9-22-39(38)43)34-17-12-18-35(29-34)53-44-24-11-10-23-41(44)46-37-20-7-5-14-32(37)26-28-45(46)53/h1-30H. The molecule has 0 amide bonds. The average molecular weight is 675 g/mol. The van der Waals surface area contributed by atoms with Gasteiger partial charge < -0.3 is 4.57 Å². The number of nitrogens with zero attached hydrogens (tertiary/aromatic N) is 4. The summed E-state index contributed by atoms with van der Waals surface area (Å²) < 4.78 is 2.36. The lowest BCUT2D eigenvalue weighted by Gasteiger charge is -2.14. The molecule has 0 radical (unpaired) electrons. The summed E-state index contributed by atoms with van der Waals surface area (Å²) in [6, 6.07) is 64.5. The predicted molar refractivity (Wildman–Crippen MR) is 220 cm³/mol. The fourth-order valence-corrected chi connectivity index (χ4v) is 8.19. The van der Waals surface area contributed by atoms with Crippen LogP contribution in [0.4, 0.5) is 0 Å². The molecule has 0 saturated heterocycles. The van der Waals surface area contributed by atoms with Crippen molar-refractivity contribution in [3.63, 3.8) is 0 Å². The van der Waals surface area contributed by atoms with Crippen LogP contribution in [0.3, 0.4) is 0 Å². The Kier molecular flexibility index (Phi) is 6.52. The number of hydrogen-bond acceptors (Lipinski definition) is 3. The number of fused-ring (bicyclic) bond motifs is 10. The van der Waals surface area contributed by atoms with Crippen molar-refractivity contribution in [3.05, 3.63) is 182 Å². The molecule has 0 bridgehead atoms. The molecule has 11 aromatic rings. The molecule has 0 N–H and O–H groups in total. The highest BCUT2D eigenvalue weighted by molar-refractivity contribution is 6.22. The van der Waals surface area contributed by atoms with E-state index >= 15 is 0 Å². The molecule has 0 aliphatic carbocycles. The Bertz CT molecular complexity index is 3230. The largest absolute Gasteiger partial charge is 0.309 e. The summed E-state index contributed by atoms with van der Waals surface area (Å²) in [6.07, 6.45) is 0. The fourth-order valence-electron chi connectivity index (χ4n) is 8.19. The number of benzene rings is 9. The Morgan fingerprint density at radius 3 is 1.74 bits per heavy atom. The van der Waals surface area contributed by atoms with Crippen LogP contribution < -0.4 is 0 Å². The summed E-state index contributed by atoms with van der Waals surface area (Å²) >= 11 is 0. The van der Waals surface area contributed by atoms with E-state index in [9.17, 15) is 0 Å². The molecule has 4 nitrogen and oxygen atoms in total. The third kappa shape index (κ3) is 4.66. The van der Waals surface area contributed by atoms with Gasteiger partial charge in [-0.3, -0.25) is 0 Å². The number of aromatic nitrogens is 4. The van der Waals surface area contributed by atoms with E-state index in [1.54, 1.807) is 0 Å². The smallest absolute Gasteiger partial charge is 0.164 e. The van der Waals surface area contributed by atoms with E-state index in [-0.39, 0.29) is 0 Å². The van der Waals surface area contributed by atoms with Crippen LogP contribution in [0.1, 0.15) is 0 Å². The van der Waals surface area contributed by atoms with Gasteiger partial charge in [-0.2, -0.15) is 0 Å². The van der Waals surface area contributed by atoms with Gasteiger partial charge in [-0.25, -0.2) is 15.0 Å². The summed E-state index contributed by atoms with van der Waals surface area (Å²) in [6.45, 7) is 0. The third-order valence-electron chi connectivity index (χ3n) is 10.6. The van der Waals surface area contributed by atoms with Crippen LogP contribution in [-0.2, 0) is 0 Å². The maximum Gasteiger partial charge on any atom is 0.164 e. The number of hydrogen-bond donors (Lipinski definition) is 0. The van der Waals surface area contributed by atoms with Crippen LogP contribution in [0.2, 0.25) is 0 Å². The van der Waals surface area contributed by atoms with Crippen LogP contribution in [0.15, 0.2) is 182 Å². The molecule has 0 fully saturated rings. The van der Waals surface area contributed by atoms with E-state index in [4.69, 9.17) is 15.0 Å². The average Bonchev–Trinajstić information content (AvgIpc) is 3.58. The summed E-state index contributed by atoms with van der Waals surface area (Å²) in [5.74, 6) is 1.92. The van der Waals surface area contributed by atoms with Gasteiger partial charge in [0.1, 0.15) is 0 Å². The Morgan fingerprint density at radius 2 is 0.906 bits per heavy atom. The van der Waals surface area contributed by atoms with Crippen molar-refractivity contribution < 1.29 is 0 Å². The molecule has 0 saturated carbocycles. The van der Waals surface area contributed by atoms with E-state index in [1.807, 2.05) is 18.2 Å². The maximum atomic E-state index is 5.29. The first-order chi connectivity index (χ1) is 26.3. The van der Waals surface area contributed by atoms with Crippen molar-refractivity contribution in [1.29, 1.82) is 0 Å². The van der Waals surface area contributed by atoms with Gasteiger partial charge in [0.05, 0.1) is 11.0 Å². The van der Waals surface area contributed by atoms with Crippen molar-refractivity contribution >= 4 is 64.9 Å². The van der Waals surface area contributed by atoms with E-state index < -0.39 is 0 Å². The first kappa shape index (κ1) is 29.5. The lowest BCUT2D eigenvalue weighted by atomic mass is 9.93. The van der Waals surface area contributed by atoms with Gasteiger partial charge in [-0.1, -0.05) is 152 Å². The monoisotopic (exact) mass is 674 g/mol. The van der Waals surface area contributed by atoms with Crippen LogP contribution in [0.5, 0.6) is 0 Å². The lowest BCUT2D eigenvalue weighted by molar-refractivity contribution is 1.07. The van der Waals surface area contributed by atoms with Crippen molar-refractivity contribution in [2.24, 2.45) is 0 Å². The molecule has 246 valence electrons. The summed E-state index contributed by atoms with van der Waals surface area (Å²) in [5, 5.41) is 12.1. The Balaban J connectivity index is 1.16. The van der Waals surface area contributed by atoms with Gasteiger partial charge in [0.15, 0.2) is 17.5 Å². The minimum atomic E-state index is 0.629. The zero-order valence-corrected chi connectivity index (χ0v) is 28.6. The molecular formula is C49H30N4. The first-order valence-corrected chi connectivity index (χ1v) is 18.0. The maximum absolute atomic E-state index is 5.29. The van der Waals surface area contributed by atoms with Gasteiger partial charge in [0.25, 0.3) is 0 Å². The molecule has 2 heterocycles. The zero-order chi connectivity index (χ0) is 34.9. The molecule has 0 spiro atoms. The SMILES string of the molecule is c1ccc(-c2nc(-c3cccc(-n4c5ccccc5c5c6ccccc6ccc54)c3)nc(-c3cc4c5ccccc5ccc4c4ccccc34)n2)cc1. The van der Waals surface area contributed by atoms with Gasteiger partial charge >= 0.3 is 0 Å². The highest BCUT2D eigenvalue weighted by Crippen LogP contribution is 2.40. The summed E-state index contributed by atoms with van der Waals surface area (Å²) in [4.78, 5) is 15.6. The van der Waals surface area contributed by atoms with Gasteiger partial charge in [0, 0.05) is 33.2 Å². The van der Waals surface area contributed by atoms with Crippen LogP contribution in [-0.4, -0.2) is 19.5 Å². The lowest BCUT2D eigenvalue weighted by Crippen LogP contribution is -2.01. The van der Waals surface area contributed by atoms with Crippen molar-refractivity contribution in [1.82, 2.24) is 19.5 Å². The van der Waals surface area contributed by atoms with Gasteiger partial charge in [-0.05, 0) is 73.4 Å². The topological polar surface area (TPSA) is 43.6 Å². The summed E-state index contributed by atoms with van der Waals surface area (Å²) in [5.41, 5.74) is 6.22. The van der Waals surface area contributed by atoms with Crippen molar-refractivity contribution in [2.45, 2.75) is 0 Å². The predicted octanol–water partition coefficient (Wildman–Crippen LogP) is 12.6. The highest BCUT2D eigenvalue weighted by Gasteiger charge is 2.19. The number of para-hydroxylation sites is 1. The van der Waals surface area contributed by atoms with Crippen molar-refractivity contribution in [2.75, 3.05) is 0 Å². The fraction of sp³-hybridized carbons (Fsp3) is 0. The van der Waals surface area contributed by atoms with E-state index in [0.29, 0.717) is 17.5 Å². The van der Waals surface area contributed by atoms with Gasteiger partial charge in [0.2, 0.25) is 0 Å². The molecule has 0 aliphatic rings. The molecule has 11 rings (SSSR count). The zero-order valence-electron chi connectivity index (χ0n) is 28.6. The van der Waals surface area contributed by atoms with Gasteiger partial charge in [-0.15, -0.1) is 0 Å². The Hall–Kier alpha value is -7.17. The molecule has 0 atom stereocenters. The molecule has 9 aromatic carbocycles. The van der Waals surface area contributed by atoms with Crippen LogP contribution in [0, 0.1) is 0 Å². The van der Waals surface area contributed by atoms with E-state index in [1.165, 1.54) is 54.0 Å². The van der Waals surface area contributed by atoms with Crippen molar-refractivity contribution in [3.8, 4) is 39.9 Å². The second-order valence-corrected chi connectivity index (χ2v) is 13.6. The molecule has 0 unspecified atom stereocenters. The van der Waals surface area contributed by atoms with Crippen LogP contribution in [0.25, 0.3) is 105 Å². The molecule has 53 heavy (non-hydrogen) atoms. The molecular weight excluding hydrogens is 645 g/mol. The Morgan fingerprint density at radius 1 is 0.321 bits per heavy atom. The minimum absolute atomic E-state index is 0.629. The quantitative estimate of drug-likeness (QED) is 0.175. The molecule has 0 aliphatic heterocycles. The highest BCUT2D eigenvalue weighted by atomic mass is 15.0. The minimum Gasteiger partial charge on any atom is -0.309 e.